The molecule has 0 spiro atoms. The number of ether oxygens (including phenoxy) is 2. The average Bonchev–Trinajstić information content (AvgIpc) is 2.80. The van der Waals surface area contributed by atoms with E-state index >= 15 is 0 Å². The van der Waals surface area contributed by atoms with Crippen LogP contribution in [0.15, 0.2) is 42.5 Å². The van der Waals surface area contributed by atoms with E-state index in [9.17, 15) is 9.59 Å². The molecule has 1 amide bonds. The number of amides is 1. The number of benzene rings is 2. The minimum atomic E-state index is -0.690. The van der Waals surface area contributed by atoms with Gasteiger partial charge in [0.05, 0.1) is 0 Å². The Bertz CT molecular complexity index is 863. The average molecular weight is 424 g/mol. The minimum Gasteiger partial charge on any atom is -0.479 e. The van der Waals surface area contributed by atoms with E-state index in [0.717, 1.165) is 55.3 Å². The molecule has 3 rings (SSSR count). The van der Waals surface area contributed by atoms with Crippen LogP contribution in [0.25, 0.3) is 0 Å². The molecule has 31 heavy (non-hydrogen) atoms. The largest absolute Gasteiger partial charge is 0.479 e. The highest BCUT2D eigenvalue weighted by molar-refractivity contribution is 6.05. The fourth-order valence-corrected chi connectivity index (χ4v) is 3.97. The fraction of sp³-hybridized carbons (Fsp3) is 0.462. The molecule has 2 aromatic rings. The Kier molecular flexibility index (Phi) is 8.10. The van der Waals surface area contributed by atoms with Gasteiger partial charge in [-0.05, 0) is 80.8 Å². The number of carbonyl (C=O) groups is 2. The molecule has 2 aromatic carbocycles. The lowest BCUT2D eigenvalue weighted by molar-refractivity contribution is -0.158. The lowest BCUT2D eigenvalue weighted by atomic mass is 9.98. The van der Waals surface area contributed by atoms with Crippen molar-refractivity contribution in [3.63, 3.8) is 0 Å². The highest BCUT2D eigenvalue weighted by atomic mass is 16.6. The molecule has 0 unspecified atom stereocenters. The van der Waals surface area contributed by atoms with Crippen molar-refractivity contribution in [3.05, 3.63) is 59.2 Å². The van der Waals surface area contributed by atoms with Crippen LogP contribution >= 0.6 is 0 Å². The summed E-state index contributed by atoms with van der Waals surface area (Å²) in [6.07, 6.45) is 6.33. The van der Waals surface area contributed by atoms with E-state index < -0.39 is 6.10 Å². The van der Waals surface area contributed by atoms with Gasteiger partial charge < -0.3 is 14.8 Å². The first-order chi connectivity index (χ1) is 15.0. The Morgan fingerprint density at radius 1 is 0.968 bits per heavy atom. The molecule has 1 aliphatic carbocycles. The first kappa shape index (κ1) is 22.9. The van der Waals surface area contributed by atoms with E-state index in [1.165, 1.54) is 6.42 Å². The molecular weight excluding hydrogens is 390 g/mol. The summed E-state index contributed by atoms with van der Waals surface area (Å²) in [5, 5.41) is 3.07. The number of hydrogen-bond acceptors (Lipinski definition) is 4. The molecule has 0 saturated heterocycles. The lowest BCUT2D eigenvalue weighted by Crippen LogP contribution is -2.31. The third kappa shape index (κ3) is 6.09. The number of aryl methyl sites for hydroxylation is 2. The Balaban J connectivity index is 1.59. The van der Waals surface area contributed by atoms with Crippen LogP contribution < -0.4 is 10.1 Å². The quantitative estimate of drug-likeness (QED) is 0.553. The first-order valence-corrected chi connectivity index (χ1v) is 11.4. The van der Waals surface area contributed by atoms with Gasteiger partial charge in [-0.2, -0.15) is 0 Å². The lowest BCUT2D eigenvalue weighted by Gasteiger charge is -2.23. The molecule has 166 valence electrons. The Morgan fingerprint density at radius 3 is 2.16 bits per heavy atom. The van der Waals surface area contributed by atoms with Gasteiger partial charge in [-0.1, -0.05) is 38.5 Å². The summed E-state index contributed by atoms with van der Waals surface area (Å²) in [6.45, 7) is 5.85. The summed E-state index contributed by atoms with van der Waals surface area (Å²) in [5.74, 6) is 0.0387. The van der Waals surface area contributed by atoms with Crippen LogP contribution in [0, 0.1) is 0 Å². The molecule has 0 aromatic heterocycles. The van der Waals surface area contributed by atoms with Crippen molar-refractivity contribution in [1.29, 1.82) is 0 Å². The number of esters is 1. The number of para-hydroxylation sites is 1. The van der Waals surface area contributed by atoms with E-state index in [1.54, 1.807) is 31.2 Å². The maximum Gasteiger partial charge on any atom is 0.347 e. The molecule has 1 saturated carbocycles. The molecule has 1 aliphatic rings. The maximum atomic E-state index is 12.8. The van der Waals surface area contributed by atoms with Crippen molar-refractivity contribution in [1.82, 2.24) is 0 Å². The van der Waals surface area contributed by atoms with E-state index in [0.29, 0.717) is 11.3 Å². The number of rotatable bonds is 8. The summed E-state index contributed by atoms with van der Waals surface area (Å²) in [4.78, 5) is 25.1. The second-order valence-corrected chi connectivity index (χ2v) is 8.09. The third-order valence-corrected chi connectivity index (χ3v) is 5.83. The summed E-state index contributed by atoms with van der Waals surface area (Å²) in [5.41, 5.74) is 3.69. The van der Waals surface area contributed by atoms with Crippen molar-refractivity contribution in [2.75, 3.05) is 5.32 Å². The predicted octanol–water partition coefficient (Wildman–Crippen LogP) is 5.71. The fourth-order valence-electron chi connectivity index (χ4n) is 3.97. The van der Waals surface area contributed by atoms with Crippen molar-refractivity contribution in [2.24, 2.45) is 0 Å². The first-order valence-electron chi connectivity index (χ1n) is 11.4. The monoisotopic (exact) mass is 423 g/mol. The second kappa shape index (κ2) is 11.0. The van der Waals surface area contributed by atoms with Gasteiger partial charge in [0, 0.05) is 11.3 Å². The number of anilines is 1. The van der Waals surface area contributed by atoms with E-state index in [4.69, 9.17) is 9.47 Å². The maximum absolute atomic E-state index is 12.8. The zero-order valence-electron chi connectivity index (χ0n) is 18.8. The predicted molar refractivity (Wildman–Crippen MR) is 123 cm³/mol. The van der Waals surface area contributed by atoms with Gasteiger partial charge in [0.2, 0.25) is 0 Å². The second-order valence-electron chi connectivity index (χ2n) is 8.09. The SMILES string of the molecule is CCc1cccc(CC)c1NC(=O)c1ccc(O[C@H](C)C(=O)OC2CCCCC2)cc1. The van der Waals surface area contributed by atoms with Crippen molar-refractivity contribution in [2.45, 2.75) is 77.9 Å². The van der Waals surface area contributed by atoms with Crippen molar-refractivity contribution < 1.29 is 19.1 Å². The smallest absolute Gasteiger partial charge is 0.347 e. The van der Waals surface area contributed by atoms with Crippen LogP contribution in [0.1, 0.15) is 74.4 Å². The number of carbonyl (C=O) groups excluding carboxylic acids is 2. The van der Waals surface area contributed by atoms with E-state index in [1.807, 2.05) is 18.2 Å². The van der Waals surface area contributed by atoms with Crippen LogP contribution in [-0.2, 0) is 22.4 Å². The van der Waals surface area contributed by atoms with Gasteiger partial charge in [0.15, 0.2) is 6.10 Å². The van der Waals surface area contributed by atoms with Crippen LogP contribution in [0.2, 0.25) is 0 Å². The number of nitrogens with one attached hydrogen (secondary N) is 1. The molecule has 1 atom stereocenters. The van der Waals surface area contributed by atoms with Gasteiger partial charge in [0.25, 0.3) is 5.91 Å². The molecule has 5 heteroatoms. The highest BCUT2D eigenvalue weighted by Gasteiger charge is 2.23. The van der Waals surface area contributed by atoms with Gasteiger partial charge in [0.1, 0.15) is 11.9 Å². The summed E-state index contributed by atoms with van der Waals surface area (Å²) >= 11 is 0. The molecule has 0 bridgehead atoms. The minimum absolute atomic E-state index is 0.0115. The van der Waals surface area contributed by atoms with Gasteiger partial charge in [-0.3, -0.25) is 4.79 Å². The Morgan fingerprint density at radius 2 is 1.58 bits per heavy atom. The molecule has 0 radical (unpaired) electrons. The van der Waals surface area contributed by atoms with Gasteiger partial charge in [-0.15, -0.1) is 0 Å². The van der Waals surface area contributed by atoms with E-state index in [-0.39, 0.29) is 18.0 Å². The van der Waals surface area contributed by atoms with Crippen LogP contribution in [0.4, 0.5) is 5.69 Å². The zero-order valence-corrected chi connectivity index (χ0v) is 18.8. The summed E-state index contributed by atoms with van der Waals surface area (Å²) in [6, 6.07) is 13.0. The highest BCUT2D eigenvalue weighted by Crippen LogP contribution is 2.24. The standard InChI is InChI=1S/C26H33NO4/c1-4-19-10-9-11-20(5-2)24(19)27-25(28)21-14-16-23(17-15-21)30-18(3)26(29)31-22-12-7-6-8-13-22/h9-11,14-18,22H,4-8,12-13H2,1-3H3,(H,27,28)/t18-/m1/s1. The molecule has 0 heterocycles. The van der Waals surface area contributed by atoms with Gasteiger partial charge in [-0.25, -0.2) is 4.79 Å². The Hall–Kier alpha value is -2.82. The van der Waals surface area contributed by atoms with Crippen molar-refractivity contribution in [3.8, 4) is 5.75 Å². The van der Waals surface area contributed by atoms with Crippen LogP contribution in [0.5, 0.6) is 5.75 Å². The third-order valence-electron chi connectivity index (χ3n) is 5.83. The zero-order chi connectivity index (χ0) is 22.2. The molecular formula is C26H33NO4. The molecule has 1 N–H and O–H groups in total. The van der Waals surface area contributed by atoms with Crippen LogP contribution in [0.3, 0.4) is 0 Å². The van der Waals surface area contributed by atoms with E-state index in [2.05, 4.69) is 19.2 Å². The molecule has 0 aliphatic heterocycles. The van der Waals surface area contributed by atoms with Gasteiger partial charge >= 0.3 is 5.97 Å². The van der Waals surface area contributed by atoms with Crippen LogP contribution in [-0.4, -0.2) is 24.1 Å². The molecule has 5 nitrogen and oxygen atoms in total. The Labute approximate surface area is 185 Å². The topological polar surface area (TPSA) is 64.6 Å². The summed E-state index contributed by atoms with van der Waals surface area (Å²) < 4.78 is 11.3. The number of hydrogen-bond donors (Lipinski definition) is 1. The normalized spacial score (nSPS) is 15.2. The summed E-state index contributed by atoms with van der Waals surface area (Å²) in [7, 11) is 0. The van der Waals surface area contributed by atoms with Crippen molar-refractivity contribution >= 4 is 17.6 Å². The molecule has 1 fully saturated rings.